The van der Waals surface area contributed by atoms with Crippen molar-refractivity contribution in [1.82, 2.24) is 19.4 Å². The molecule has 0 saturated heterocycles. The zero-order chi connectivity index (χ0) is 29.4. The number of carboxylic acids is 2. The Bertz CT molecular complexity index is 1210. The van der Waals surface area contributed by atoms with E-state index >= 15 is 0 Å². The first-order chi connectivity index (χ1) is 18.1. The van der Waals surface area contributed by atoms with E-state index in [4.69, 9.17) is 24.5 Å². The van der Waals surface area contributed by atoms with Gasteiger partial charge in [-0.05, 0) is 43.0 Å². The average Bonchev–Trinajstić information content (AvgIpc) is 3.46. The van der Waals surface area contributed by atoms with Crippen LogP contribution in [0.15, 0.2) is 42.2 Å². The third kappa shape index (κ3) is 9.55. The third-order valence-corrected chi connectivity index (χ3v) is 6.33. The summed E-state index contributed by atoms with van der Waals surface area (Å²) >= 11 is 1.84. The van der Waals surface area contributed by atoms with Crippen molar-refractivity contribution in [3.05, 3.63) is 64.1 Å². The number of aromatic nitrogens is 3. The van der Waals surface area contributed by atoms with Gasteiger partial charge >= 0.3 is 24.3 Å². The summed E-state index contributed by atoms with van der Waals surface area (Å²) in [5.74, 6) is -3.60. The van der Waals surface area contributed by atoms with Gasteiger partial charge in [0.1, 0.15) is 18.2 Å². The molecule has 16 heteroatoms. The minimum atomic E-state index is -5.08. The number of thiophene rings is 1. The van der Waals surface area contributed by atoms with E-state index in [0.717, 1.165) is 36.9 Å². The van der Waals surface area contributed by atoms with Crippen molar-refractivity contribution in [3.8, 4) is 5.75 Å². The number of nitrogens with zero attached hydrogens (tertiary/aromatic N) is 4. The molecular formula is C23H24F6N4O5S. The Morgan fingerprint density at radius 2 is 1.69 bits per heavy atom. The van der Waals surface area contributed by atoms with Crippen molar-refractivity contribution in [2.45, 2.75) is 51.9 Å². The van der Waals surface area contributed by atoms with Gasteiger partial charge in [-0.25, -0.2) is 14.6 Å². The van der Waals surface area contributed by atoms with Crippen LogP contribution >= 0.6 is 11.3 Å². The molecule has 3 aromatic heterocycles. The Hall–Kier alpha value is -3.66. The molecule has 214 valence electrons. The zero-order valence-corrected chi connectivity index (χ0v) is 21.3. The fourth-order valence-corrected chi connectivity index (χ4v) is 4.21. The molecule has 0 bridgehead atoms. The first kappa shape index (κ1) is 31.6. The van der Waals surface area contributed by atoms with Crippen LogP contribution in [0.3, 0.4) is 0 Å². The normalized spacial score (nSPS) is 15.2. The average molecular weight is 583 g/mol. The van der Waals surface area contributed by atoms with Crippen LogP contribution in [0.5, 0.6) is 5.75 Å². The van der Waals surface area contributed by atoms with E-state index in [-0.39, 0.29) is 0 Å². The highest BCUT2D eigenvalue weighted by molar-refractivity contribution is 7.10. The molecule has 1 atom stereocenters. The lowest BCUT2D eigenvalue weighted by Crippen LogP contribution is -2.37. The second-order valence-electron chi connectivity index (χ2n) is 8.02. The summed E-state index contributed by atoms with van der Waals surface area (Å²) in [5.41, 5.74) is 2.51. The predicted molar refractivity (Wildman–Crippen MR) is 126 cm³/mol. The molecule has 4 heterocycles. The largest absolute Gasteiger partial charge is 0.490 e. The number of rotatable bonds is 5. The molecule has 0 radical (unpaired) electrons. The van der Waals surface area contributed by atoms with Crippen molar-refractivity contribution in [1.29, 1.82) is 0 Å². The number of imidazole rings is 1. The molecule has 1 aliphatic heterocycles. The molecular weight excluding hydrogens is 558 g/mol. The maximum absolute atomic E-state index is 10.6. The van der Waals surface area contributed by atoms with E-state index < -0.39 is 24.3 Å². The highest BCUT2D eigenvalue weighted by atomic mass is 32.1. The van der Waals surface area contributed by atoms with Crippen molar-refractivity contribution in [2.24, 2.45) is 0 Å². The van der Waals surface area contributed by atoms with Gasteiger partial charge in [0.25, 0.3) is 0 Å². The Labute approximate surface area is 222 Å². The lowest BCUT2D eigenvalue weighted by atomic mass is 10.2. The van der Waals surface area contributed by atoms with Crippen LogP contribution in [0.2, 0.25) is 0 Å². The molecule has 2 N–H and O–H groups in total. The number of hydrogen-bond donors (Lipinski definition) is 2. The molecule has 0 saturated carbocycles. The Morgan fingerprint density at radius 3 is 2.18 bits per heavy atom. The first-order valence-corrected chi connectivity index (χ1v) is 11.9. The summed E-state index contributed by atoms with van der Waals surface area (Å²) in [6, 6.07) is 6.31. The van der Waals surface area contributed by atoms with Crippen molar-refractivity contribution >= 4 is 23.3 Å². The summed E-state index contributed by atoms with van der Waals surface area (Å²) < 4.78 is 71.6. The molecule has 0 amide bonds. The zero-order valence-electron chi connectivity index (χ0n) is 20.5. The number of hydrogen-bond acceptors (Lipinski definition) is 7. The second kappa shape index (κ2) is 13.4. The van der Waals surface area contributed by atoms with Gasteiger partial charge in [0, 0.05) is 30.7 Å². The SMILES string of the molecule is Cc1ccsc1CN1CCn2c(COc3cccnc3)cnc2C1C.O=C(O)C(F)(F)F.O=C(O)C(F)(F)F. The molecule has 0 aliphatic carbocycles. The lowest BCUT2D eigenvalue weighted by molar-refractivity contribution is -0.193. The van der Waals surface area contributed by atoms with Crippen molar-refractivity contribution < 1.29 is 50.9 Å². The number of aryl methyl sites for hydroxylation is 1. The number of carbonyl (C=O) groups is 2. The fraction of sp³-hybridized carbons (Fsp3) is 0.391. The Balaban J connectivity index is 0.000000317. The predicted octanol–water partition coefficient (Wildman–Crippen LogP) is 5.07. The van der Waals surface area contributed by atoms with E-state index in [1.807, 2.05) is 29.7 Å². The number of pyridine rings is 1. The van der Waals surface area contributed by atoms with E-state index in [0.29, 0.717) is 12.6 Å². The Kier molecular flexibility index (Phi) is 10.9. The molecule has 3 aromatic rings. The number of carboxylic acid groups (broad SMARTS) is 2. The topological polar surface area (TPSA) is 118 Å². The summed E-state index contributed by atoms with van der Waals surface area (Å²) in [6.07, 6.45) is -4.73. The molecule has 39 heavy (non-hydrogen) atoms. The summed E-state index contributed by atoms with van der Waals surface area (Å²) in [4.78, 5) is 30.5. The summed E-state index contributed by atoms with van der Waals surface area (Å²) in [5, 5.41) is 16.4. The monoisotopic (exact) mass is 582 g/mol. The molecule has 1 unspecified atom stereocenters. The first-order valence-electron chi connectivity index (χ1n) is 11.1. The molecule has 0 fully saturated rings. The van der Waals surface area contributed by atoms with Crippen LogP contribution < -0.4 is 4.74 Å². The maximum Gasteiger partial charge on any atom is 0.490 e. The smallest absolute Gasteiger partial charge is 0.486 e. The number of fused-ring (bicyclic) bond motifs is 1. The van der Waals surface area contributed by atoms with Gasteiger partial charge in [-0.1, -0.05) is 0 Å². The Morgan fingerprint density at radius 1 is 1.08 bits per heavy atom. The lowest BCUT2D eigenvalue weighted by Gasteiger charge is -2.34. The molecule has 4 rings (SSSR count). The standard InChI is InChI=1S/C19H22N4OS.2C2HF3O2/c1-14-5-9-25-18(14)12-22-7-8-23-16(10-21-19(23)15(22)2)13-24-17-4-3-6-20-11-17;2*3-2(4,5)1(6)7/h3-6,9-11,15H,7-8,12-13H2,1-2H3;2*(H,6,7). The summed E-state index contributed by atoms with van der Waals surface area (Å²) in [6.45, 7) is 7.94. The van der Waals surface area contributed by atoms with E-state index in [2.05, 4.69) is 44.7 Å². The van der Waals surface area contributed by atoms with Gasteiger partial charge in [0.15, 0.2) is 0 Å². The van der Waals surface area contributed by atoms with Crippen molar-refractivity contribution in [2.75, 3.05) is 6.54 Å². The highest BCUT2D eigenvalue weighted by Gasteiger charge is 2.38. The highest BCUT2D eigenvalue weighted by Crippen LogP contribution is 2.29. The van der Waals surface area contributed by atoms with Gasteiger partial charge in [-0.2, -0.15) is 26.3 Å². The number of alkyl halides is 6. The molecule has 9 nitrogen and oxygen atoms in total. The van der Waals surface area contributed by atoms with Crippen LogP contribution in [-0.4, -0.2) is 60.5 Å². The van der Waals surface area contributed by atoms with Gasteiger partial charge in [-0.3, -0.25) is 9.88 Å². The van der Waals surface area contributed by atoms with Crippen LogP contribution in [0.4, 0.5) is 26.3 Å². The number of aliphatic carboxylic acids is 2. The summed E-state index contributed by atoms with van der Waals surface area (Å²) in [7, 11) is 0. The second-order valence-corrected chi connectivity index (χ2v) is 9.02. The minimum absolute atomic E-state index is 0.308. The quantitative estimate of drug-likeness (QED) is 0.401. The van der Waals surface area contributed by atoms with Crippen LogP contribution in [-0.2, 0) is 29.3 Å². The fourth-order valence-electron chi connectivity index (χ4n) is 3.28. The number of halogens is 6. The minimum Gasteiger partial charge on any atom is -0.486 e. The van der Waals surface area contributed by atoms with Gasteiger partial charge in [-0.15, -0.1) is 11.3 Å². The number of ether oxygens (including phenoxy) is 1. The van der Waals surface area contributed by atoms with Gasteiger partial charge in [0.2, 0.25) is 0 Å². The van der Waals surface area contributed by atoms with Crippen LogP contribution in [0.25, 0.3) is 0 Å². The van der Waals surface area contributed by atoms with Crippen LogP contribution in [0, 0.1) is 6.92 Å². The molecule has 0 aromatic carbocycles. The molecule has 0 spiro atoms. The third-order valence-electron chi connectivity index (χ3n) is 5.32. The van der Waals surface area contributed by atoms with Crippen LogP contribution in [0.1, 0.15) is 34.9 Å². The van der Waals surface area contributed by atoms with E-state index in [9.17, 15) is 26.3 Å². The van der Waals surface area contributed by atoms with E-state index in [1.165, 1.54) is 10.4 Å². The van der Waals surface area contributed by atoms with E-state index in [1.54, 1.807) is 12.4 Å². The van der Waals surface area contributed by atoms with Gasteiger partial charge < -0.3 is 19.5 Å². The van der Waals surface area contributed by atoms with Gasteiger partial charge in [0.05, 0.1) is 24.1 Å². The van der Waals surface area contributed by atoms with Crippen molar-refractivity contribution in [3.63, 3.8) is 0 Å². The maximum atomic E-state index is 10.6. The molecule has 1 aliphatic rings.